The summed E-state index contributed by atoms with van der Waals surface area (Å²) in [5.41, 5.74) is 2.19. The first kappa shape index (κ1) is 12.0. The van der Waals surface area contributed by atoms with Crippen molar-refractivity contribution < 1.29 is 9.53 Å². The van der Waals surface area contributed by atoms with Crippen molar-refractivity contribution in [2.45, 2.75) is 13.3 Å². The fourth-order valence-corrected chi connectivity index (χ4v) is 1.80. The third-order valence-electron chi connectivity index (χ3n) is 2.00. The third-order valence-corrected chi connectivity index (χ3v) is 2.65. The highest BCUT2D eigenvalue weighted by Crippen LogP contribution is 2.23. The number of nitrogens with one attached hydrogen (secondary N) is 1. The van der Waals surface area contributed by atoms with Gasteiger partial charge in [-0.1, -0.05) is 6.07 Å². The summed E-state index contributed by atoms with van der Waals surface area (Å²) in [6, 6.07) is 6.03. The smallest absolute Gasteiger partial charge is 0.307 e. The molecule has 0 fully saturated rings. The maximum Gasteiger partial charge on any atom is 0.307 e. The first-order valence-electron chi connectivity index (χ1n) is 4.70. The van der Waals surface area contributed by atoms with Gasteiger partial charge in [0, 0.05) is 16.7 Å². The van der Waals surface area contributed by atoms with Gasteiger partial charge in [-0.2, -0.15) is 0 Å². The predicted octanol–water partition coefficient (Wildman–Crippen LogP) is 2.73. The Balaban J connectivity index is 2.47. The fourth-order valence-electron chi connectivity index (χ4n) is 1.16. The van der Waals surface area contributed by atoms with Crippen LogP contribution in [-0.2, 0) is 9.53 Å². The summed E-state index contributed by atoms with van der Waals surface area (Å²) in [4.78, 5) is 10.9. The zero-order valence-electron chi connectivity index (χ0n) is 8.84. The van der Waals surface area contributed by atoms with Crippen LogP contribution in [0.5, 0.6) is 0 Å². The average molecular weight is 272 g/mol. The van der Waals surface area contributed by atoms with Gasteiger partial charge in [0.25, 0.3) is 0 Å². The minimum atomic E-state index is -0.203. The summed E-state index contributed by atoms with van der Waals surface area (Å²) in [6.45, 7) is 2.61. The molecule has 1 aromatic rings. The predicted molar refractivity (Wildman–Crippen MR) is 64.0 cm³/mol. The maximum atomic E-state index is 10.9. The molecule has 0 amide bonds. The highest BCUT2D eigenvalue weighted by molar-refractivity contribution is 9.10. The Hall–Kier alpha value is -1.03. The van der Waals surface area contributed by atoms with E-state index in [1.807, 2.05) is 25.1 Å². The number of ether oxygens (including phenoxy) is 1. The van der Waals surface area contributed by atoms with Crippen molar-refractivity contribution in [3.8, 4) is 0 Å². The average Bonchev–Trinajstić information content (AvgIpc) is 2.21. The molecular formula is C11H14BrNO2. The van der Waals surface area contributed by atoms with Gasteiger partial charge in [-0.25, -0.2) is 0 Å². The molecule has 1 rings (SSSR count). The molecule has 0 aliphatic heterocycles. The van der Waals surface area contributed by atoms with E-state index in [1.54, 1.807) is 0 Å². The number of rotatable bonds is 4. The second-order valence-corrected chi connectivity index (χ2v) is 4.09. The molecule has 1 aromatic carbocycles. The van der Waals surface area contributed by atoms with Crippen LogP contribution in [0.15, 0.2) is 22.7 Å². The fraction of sp³-hybridized carbons (Fsp3) is 0.364. The maximum absolute atomic E-state index is 10.9. The number of aryl methyl sites for hydroxylation is 1. The van der Waals surface area contributed by atoms with Gasteiger partial charge in [-0.3, -0.25) is 4.79 Å². The van der Waals surface area contributed by atoms with Gasteiger partial charge in [0.05, 0.1) is 13.5 Å². The lowest BCUT2D eigenvalue weighted by Gasteiger charge is -2.08. The van der Waals surface area contributed by atoms with Crippen molar-refractivity contribution in [1.82, 2.24) is 0 Å². The van der Waals surface area contributed by atoms with Crippen LogP contribution in [0.2, 0.25) is 0 Å². The van der Waals surface area contributed by atoms with Gasteiger partial charge < -0.3 is 10.1 Å². The Bertz CT molecular complexity index is 352. The van der Waals surface area contributed by atoms with E-state index in [1.165, 1.54) is 12.7 Å². The molecule has 0 heterocycles. The second-order valence-electron chi connectivity index (χ2n) is 3.24. The number of anilines is 1. The molecule has 4 heteroatoms. The van der Waals surface area contributed by atoms with Crippen molar-refractivity contribution >= 4 is 27.6 Å². The lowest BCUT2D eigenvalue weighted by Crippen LogP contribution is -2.09. The molecular weight excluding hydrogens is 258 g/mol. The molecule has 0 aromatic heterocycles. The van der Waals surface area contributed by atoms with Gasteiger partial charge in [0.1, 0.15) is 0 Å². The van der Waals surface area contributed by atoms with Crippen LogP contribution < -0.4 is 5.32 Å². The molecule has 82 valence electrons. The van der Waals surface area contributed by atoms with Gasteiger partial charge in [0.15, 0.2) is 0 Å². The molecule has 0 spiro atoms. The Morgan fingerprint density at radius 1 is 1.53 bits per heavy atom. The van der Waals surface area contributed by atoms with E-state index in [4.69, 9.17) is 0 Å². The Labute approximate surface area is 97.9 Å². The van der Waals surface area contributed by atoms with Crippen molar-refractivity contribution in [2.75, 3.05) is 19.0 Å². The molecule has 0 unspecified atom stereocenters. The number of hydrogen-bond acceptors (Lipinski definition) is 3. The highest BCUT2D eigenvalue weighted by atomic mass is 79.9. The molecule has 0 saturated carbocycles. The number of methoxy groups -OCH3 is 1. The minimum Gasteiger partial charge on any atom is -0.469 e. The van der Waals surface area contributed by atoms with Gasteiger partial charge in [-0.15, -0.1) is 0 Å². The number of carbonyl (C=O) groups is 1. The molecule has 15 heavy (non-hydrogen) atoms. The van der Waals surface area contributed by atoms with Crippen LogP contribution >= 0.6 is 15.9 Å². The van der Waals surface area contributed by atoms with Crippen molar-refractivity contribution in [3.05, 3.63) is 28.2 Å². The normalized spacial score (nSPS) is 9.80. The lowest BCUT2D eigenvalue weighted by atomic mass is 10.2. The zero-order chi connectivity index (χ0) is 11.3. The molecule has 3 nitrogen and oxygen atoms in total. The SMILES string of the molecule is COC(=O)CCNc1ccc(C)cc1Br. The van der Waals surface area contributed by atoms with E-state index in [0.29, 0.717) is 13.0 Å². The van der Waals surface area contributed by atoms with Crippen LogP contribution in [0.25, 0.3) is 0 Å². The van der Waals surface area contributed by atoms with Crippen molar-refractivity contribution in [2.24, 2.45) is 0 Å². The molecule has 0 aliphatic rings. The topological polar surface area (TPSA) is 38.3 Å². The minimum absolute atomic E-state index is 0.203. The second kappa shape index (κ2) is 5.75. The van der Waals surface area contributed by atoms with Gasteiger partial charge >= 0.3 is 5.97 Å². The number of benzene rings is 1. The zero-order valence-corrected chi connectivity index (χ0v) is 10.4. The Morgan fingerprint density at radius 3 is 2.87 bits per heavy atom. The van der Waals surface area contributed by atoms with Crippen LogP contribution in [0, 0.1) is 6.92 Å². The van der Waals surface area contributed by atoms with E-state index in [-0.39, 0.29) is 5.97 Å². The molecule has 1 N–H and O–H groups in total. The third kappa shape index (κ3) is 3.91. The lowest BCUT2D eigenvalue weighted by molar-refractivity contribution is -0.140. The van der Waals surface area contributed by atoms with Crippen molar-refractivity contribution in [1.29, 1.82) is 0 Å². The quantitative estimate of drug-likeness (QED) is 0.856. The first-order chi connectivity index (χ1) is 7.13. The highest BCUT2D eigenvalue weighted by Gasteiger charge is 2.02. The molecule has 0 saturated heterocycles. The molecule has 0 radical (unpaired) electrons. The van der Waals surface area contributed by atoms with Crippen LogP contribution in [0.4, 0.5) is 5.69 Å². The van der Waals surface area contributed by atoms with E-state index in [0.717, 1.165) is 10.2 Å². The summed E-state index contributed by atoms with van der Waals surface area (Å²) in [5.74, 6) is -0.203. The van der Waals surface area contributed by atoms with Gasteiger partial charge in [-0.05, 0) is 40.5 Å². The van der Waals surface area contributed by atoms with E-state index in [2.05, 4.69) is 26.0 Å². The monoisotopic (exact) mass is 271 g/mol. The summed E-state index contributed by atoms with van der Waals surface area (Å²) in [5, 5.41) is 3.16. The van der Waals surface area contributed by atoms with Gasteiger partial charge in [0.2, 0.25) is 0 Å². The molecule has 0 bridgehead atoms. The standard InChI is InChI=1S/C11H14BrNO2/c1-8-3-4-10(9(12)7-8)13-6-5-11(14)15-2/h3-4,7,13H,5-6H2,1-2H3. The summed E-state index contributed by atoms with van der Waals surface area (Å²) in [7, 11) is 1.39. The van der Waals surface area contributed by atoms with E-state index >= 15 is 0 Å². The van der Waals surface area contributed by atoms with Crippen molar-refractivity contribution in [3.63, 3.8) is 0 Å². The molecule has 0 aliphatic carbocycles. The Morgan fingerprint density at radius 2 is 2.27 bits per heavy atom. The number of esters is 1. The largest absolute Gasteiger partial charge is 0.469 e. The van der Waals surface area contributed by atoms with Crippen LogP contribution in [0.1, 0.15) is 12.0 Å². The number of carbonyl (C=O) groups excluding carboxylic acids is 1. The van der Waals surface area contributed by atoms with Crippen LogP contribution in [0.3, 0.4) is 0 Å². The van der Waals surface area contributed by atoms with E-state index in [9.17, 15) is 4.79 Å². The number of halogens is 1. The Kier molecular flexibility index (Phi) is 4.62. The summed E-state index contributed by atoms with van der Waals surface area (Å²) < 4.78 is 5.55. The number of hydrogen-bond donors (Lipinski definition) is 1. The van der Waals surface area contributed by atoms with E-state index < -0.39 is 0 Å². The summed E-state index contributed by atoms with van der Waals surface area (Å²) in [6.07, 6.45) is 0.372. The first-order valence-corrected chi connectivity index (χ1v) is 5.49. The molecule has 0 atom stereocenters. The van der Waals surface area contributed by atoms with Crippen LogP contribution in [-0.4, -0.2) is 19.6 Å². The summed E-state index contributed by atoms with van der Waals surface area (Å²) >= 11 is 3.45.